The van der Waals surface area contributed by atoms with Gasteiger partial charge in [-0.3, -0.25) is 20.3 Å². The number of alkyl halides is 1. The molecule has 13 heteroatoms. The minimum absolute atomic E-state index is 0.103. The van der Waals surface area contributed by atoms with E-state index in [4.69, 9.17) is 11.6 Å². The third-order valence-electron chi connectivity index (χ3n) is 4.87. The maximum Gasteiger partial charge on any atom is 0.274 e. The van der Waals surface area contributed by atoms with Crippen LogP contribution in [0.2, 0.25) is 0 Å². The highest BCUT2D eigenvalue weighted by Gasteiger charge is 2.50. The number of aromatic nitrogens is 5. The molecule has 0 radical (unpaired) electrons. The number of hydrazine groups is 1. The van der Waals surface area contributed by atoms with Gasteiger partial charge in [0.05, 0.1) is 22.5 Å². The van der Waals surface area contributed by atoms with Crippen molar-refractivity contribution in [1.82, 2.24) is 30.2 Å². The molecule has 1 aliphatic rings. The molecule has 2 aromatic heterocycles. The molecule has 1 amide bonds. The zero-order chi connectivity index (χ0) is 21.5. The Hall–Kier alpha value is -3.64. The molecule has 0 aliphatic carbocycles. The van der Waals surface area contributed by atoms with E-state index in [1.807, 2.05) is 24.3 Å². The highest BCUT2D eigenvalue weighted by atomic mass is 35.5. The zero-order valence-electron chi connectivity index (χ0n) is 15.6. The number of halogens is 1. The summed E-state index contributed by atoms with van der Waals surface area (Å²) in [6.45, 7) is 0.361. The first-order chi connectivity index (χ1) is 15.0. The fourth-order valence-corrected chi connectivity index (χ4v) is 4.48. The first-order valence-electron chi connectivity index (χ1n) is 9.10. The van der Waals surface area contributed by atoms with Crippen LogP contribution in [0.4, 0.5) is 10.8 Å². The standard InChI is InChI=1S/C18H13ClN8O3S/c19-15-16(10-5-1-3-7-12(10)27(29)30)26(17(15)28)23-18-22-21-14(31-18)9-25-13-8-4-2-6-11(13)20-24-25/h1-8,15-16H,9H2,(H,22,23). The molecule has 2 atom stereocenters. The molecule has 156 valence electrons. The summed E-state index contributed by atoms with van der Waals surface area (Å²) in [5, 5.41) is 29.2. The summed E-state index contributed by atoms with van der Waals surface area (Å²) in [5.41, 5.74) is 4.77. The molecular weight excluding hydrogens is 444 g/mol. The Kier molecular flexibility index (Phi) is 4.71. The predicted octanol–water partition coefficient (Wildman–Crippen LogP) is 2.76. The molecule has 0 saturated carbocycles. The number of rotatable bonds is 6. The number of benzene rings is 2. The largest absolute Gasteiger partial charge is 0.274 e. The van der Waals surface area contributed by atoms with Crippen LogP contribution in [0.15, 0.2) is 48.5 Å². The normalized spacial score (nSPS) is 18.2. The molecule has 1 saturated heterocycles. The fourth-order valence-electron chi connectivity index (χ4n) is 3.41. The van der Waals surface area contributed by atoms with E-state index in [0.717, 1.165) is 11.0 Å². The Bertz CT molecular complexity index is 1310. The van der Waals surface area contributed by atoms with E-state index in [1.54, 1.807) is 22.9 Å². The second-order valence-corrected chi connectivity index (χ2v) is 8.25. The molecule has 1 N–H and O–H groups in total. The number of hydrogen-bond acceptors (Lipinski definition) is 9. The number of β-lactam (4-membered cyclic amide) rings is 1. The van der Waals surface area contributed by atoms with Gasteiger partial charge in [-0.2, -0.15) is 0 Å². The van der Waals surface area contributed by atoms with Gasteiger partial charge in [0.25, 0.3) is 11.6 Å². The van der Waals surface area contributed by atoms with Crippen molar-refractivity contribution < 1.29 is 9.72 Å². The first-order valence-corrected chi connectivity index (χ1v) is 10.4. The number of carbonyl (C=O) groups is 1. The lowest BCUT2D eigenvalue weighted by molar-refractivity contribution is -0.386. The Morgan fingerprint density at radius 2 is 1.90 bits per heavy atom. The van der Waals surface area contributed by atoms with Crippen LogP contribution in [-0.2, 0) is 11.3 Å². The van der Waals surface area contributed by atoms with Crippen molar-refractivity contribution in [2.45, 2.75) is 18.0 Å². The van der Waals surface area contributed by atoms with Crippen molar-refractivity contribution in [2.75, 3.05) is 5.43 Å². The van der Waals surface area contributed by atoms with Crippen molar-refractivity contribution in [2.24, 2.45) is 0 Å². The van der Waals surface area contributed by atoms with Gasteiger partial charge in [0.1, 0.15) is 21.9 Å². The molecule has 11 nitrogen and oxygen atoms in total. The van der Waals surface area contributed by atoms with Gasteiger partial charge in [0, 0.05) is 6.07 Å². The van der Waals surface area contributed by atoms with Gasteiger partial charge in [0.2, 0.25) is 5.13 Å². The number of nitro benzene ring substituents is 1. The fraction of sp³-hybridized carbons (Fsp3) is 0.167. The van der Waals surface area contributed by atoms with Gasteiger partial charge in [-0.15, -0.1) is 26.9 Å². The van der Waals surface area contributed by atoms with Gasteiger partial charge >= 0.3 is 0 Å². The summed E-state index contributed by atoms with van der Waals surface area (Å²) in [6, 6.07) is 13.0. The van der Waals surface area contributed by atoms with Crippen LogP contribution in [0.1, 0.15) is 16.6 Å². The maximum absolute atomic E-state index is 12.3. The average molecular weight is 457 g/mol. The van der Waals surface area contributed by atoms with Crippen molar-refractivity contribution in [3.05, 3.63) is 69.2 Å². The van der Waals surface area contributed by atoms with Crippen LogP contribution < -0.4 is 5.43 Å². The number of carbonyl (C=O) groups excluding carboxylic acids is 1. The van der Waals surface area contributed by atoms with E-state index in [0.29, 0.717) is 22.2 Å². The number of fused-ring (bicyclic) bond motifs is 1. The summed E-state index contributed by atoms with van der Waals surface area (Å²) in [5.74, 6) is -0.399. The minimum atomic E-state index is -0.914. The van der Waals surface area contributed by atoms with Crippen LogP contribution in [0.25, 0.3) is 11.0 Å². The van der Waals surface area contributed by atoms with Gasteiger partial charge in [-0.1, -0.05) is 40.8 Å². The highest BCUT2D eigenvalue weighted by Crippen LogP contribution is 2.42. The maximum atomic E-state index is 12.3. The lowest BCUT2D eigenvalue weighted by Gasteiger charge is -2.43. The van der Waals surface area contributed by atoms with Crippen LogP contribution in [-0.4, -0.2) is 46.4 Å². The molecule has 2 unspecified atom stereocenters. The summed E-state index contributed by atoms with van der Waals surface area (Å²) in [4.78, 5) is 23.2. The van der Waals surface area contributed by atoms with Crippen LogP contribution >= 0.6 is 22.9 Å². The summed E-state index contributed by atoms with van der Waals surface area (Å²) < 4.78 is 1.71. The quantitative estimate of drug-likeness (QED) is 0.203. The SMILES string of the molecule is O=C1C(Cl)C(c2ccccc2[N+](=O)[O-])N1Nc1nnc(Cn2nnc3ccccc32)s1. The number of nitrogens with zero attached hydrogens (tertiary/aromatic N) is 7. The van der Waals surface area contributed by atoms with E-state index < -0.39 is 22.2 Å². The van der Waals surface area contributed by atoms with Gasteiger partial charge in [-0.05, 0) is 18.2 Å². The molecular formula is C18H13ClN8O3S. The molecule has 0 bridgehead atoms. The molecule has 2 aromatic carbocycles. The van der Waals surface area contributed by atoms with E-state index in [1.165, 1.54) is 22.4 Å². The molecule has 1 fully saturated rings. The van der Waals surface area contributed by atoms with E-state index in [-0.39, 0.29) is 5.69 Å². The Morgan fingerprint density at radius 3 is 2.74 bits per heavy atom. The molecule has 4 aromatic rings. The topological polar surface area (TPSA) is 132 Å². The number of para-hydroxylation sites is 2. The molecule has 3 heterocycles. The van der Waals surface area contributed by atoms with E-state index in [2.05, 4.69) is 25.9 Å². The van der Waals surface area contributed by atoms with Crippen LogP contribution in [0.3, 0.4) is 0 Å². The average Bonchev–Trinajstić information content (AvgIpc) is 3.40. The van der Waals surface area contributed by atoms with Gasteiger partial charge < -0.3 is 0 Å². The first kappa shape index (κ1) is 19.3. The lowest BCUT2D eigenvalue weighted by Crippen LogP contribution is -2.58. The minimum Gasteiger partial charge on any atom is -0.271 e. The second-order valence-electron chi connectivity index (χ2n) is 6.72. The molecule has 31 heavy (non-hydrogen) atoms. The number of nitrogens with one attached hydrogen (secondary N) is 1. The van der Waals surface area contributed by atoms with Gasteiger partial charge in [-0.25, -0.2) is 9.69 Å². The third-order valence-corrected chi connectivity index (χ3v) is 6.11. The van der Waals surface area contributed by atoms with Crippen molar-refractivity contribution in [3.63, 3.8) is 0 Å². The van der Waals surface area contributed by atoms with Crippen LogP contribution in [0, 0.1) is 10.1 Å². The molecule has 1 aliphatic heterocycles. The number of hydrogen-bond donors (Lipinski definition) is 1. The summed E-state index contributed by atoms with van der Waals surface area (Å²) >= 11 is 7.42. The van der Waals surface area contributed by atoms with Crippen molar-refractivity contribution in [3.8, 4) is 0 Å². The van der Waals surface area contributed by atoms with Gasteiger partial charge in [0.15, 0.2) is 0 Å². The lowest BCUT2D eigenvalue weighted by atomic mass is 9.94. The highest BCUT2D eigenvalue weighted by molar-refractivity contribution is 7.15. The van der Waals surface area contributed by atoms with E-state index >= 15 is 0 Å². The smallest absolute Gasteiger partial charge is 0.271 e. The number of nitro groups is 1. The zero-order valence-corrected chi connectivity index (χ0v) is 17.2. The monoisotopic (exact) mass is 456 g/mol. The van der Waals surface area contributed by atoms with Crippen molar-refractivity contribution >= 4 is 50.7 Å². The second kappa shape index (κ2) is 7.56. The number of anilines is 1. The van der Waals surface area contributed by atoms with E-state index in [9.17, 15) is 14.9 Å². The number of amides is 1. The third kappa shape index (κ3) is 3.35. The summed E-state index contributed by atoms with van der Waals surface area (Å²) in [7, 11) is 0. The van der Waals surface area contributed by atoms with Crippen LogP contribution in [0.5, 0.6) is 0 Å². The summed E-state index contributed by atoms with van der Waals surface area (Å²) in [6.07, 6.45) is 0. The van der Waals surface area contributed by atoms with Crippen molar-refractivity contribution in [1.29, 1.82) is 0 Å². The Morgan fingerprint density at radius 1 is 1.13 bits per heavy atom. The molecule has 0 spiro atoms. The Balaban J connectivity index is 1.36. The Labute approximate surface area is 183 Å². The predicted molar refractivity (Wildman–Crippen MR) is 112 cm³/mol. The molecule has 5 rings (SSSR count).